The number of rotatable bonds is 10. The number of carbonyl (C=O) groups is 3. The highest BCUT2D eigenvalue weighted by Crippen LogP contribution is 2.44. The Hall–Kier alpha value is -3.91. The van der Waals surface area contributed by atoms with Crippen molar-refractivity contribution in [1.29, 1.82) is 0 Å². The fraction of sp³-hybridized carbons (Fsp3) is 0.595. The van der Waals surface area contributed by atoms with Crippen LogP contribution < -0.4 is 9.64 Å². The molecular weight excluding hydrogens is 672 g/mol. The first-order valence-electron chi connectivity index (χ1n) is 17.6. The Morgan fingerprint density at radius 1 is 0.863 bits per heavy atom. The van der Waals surface area contributed by atoms with Gasteiger partial charge in [0.25, 0.3) is 0 Å². The van der Waals surface area contributed by atoms with Crippen LogP contribution in [0.3, 0.4) is 0 Å². The normalized spacial score (nSPS) is 26.2. The van der Waals surface area contributed by atoms with Gasteiger partial charge in [-0.05, 0) is 54.7 Å². The summed E-state index contributed by atoms with van der Waals surface area (Å²) in [6.45, 7) is 2.82. The van der Waals surface area contributed by atoms with Crippen LogP contribution in [0.5, 0.6) is 5.75 Å². The molecule has 0 aliphatic carbocycles. The average molecular weight is 719 g/mol. The van der Waals surface area contributed by atoms with Gasteiger partial charge in [-0.2, -0.15) is 13.2 Å². The number of methoxy groups -OCH3 is 2. The number of nitrogens with zero attached hydrogens (tertiary/aromatic N) is 4. The van der Waals surface area contributed by atoms with Crippen molar-refractivity contribution < 1.29 is 46.5 Å². The first kappa shape index (κ1) is 36.9. The van der Waals surface area contributed by atoms with Crippen LogP contribution >= 0.6 is 0 Å². The van der Waals surface area contributed by atoms with E-state index in [1.807, 2.05) is 34.1 Å². The highest BCUT2D eigenvalue weighted by molar-refractivity contribution is 5.82. The molecule has 4 saturated heterocycles. The maximum Gasteiger partial charge on any atom is 0.416 e. The summed E-state index contributed by atoms with van der Waals surface area (Å²) in [5, 5.41) is 9.51. The van der Waals surface area contributed by atoms with Crippen LogP contribution in [-0.2, 0) is 25.3 Å². The lowest BCUT2D eigenvalue weighted by molar-refractivity contribution is -0.142. The number of carboxylic acid groups (broad SMARTS) is 1. The summed E-state index contributed by atoms with van der Waals surface area (Å²) in [5.41, 5.74) is 1.23. The summed E-state index contributed by atoms with van der Waals surface area (Å²) in [6.07, 6.45) is -4.63. The number of anilines is 1. The molecule has 0 bridgehead atoms. The topological polar surface area (TPSA) is 103 Å². The van der Waals surface area contributed by atoms with Crippen molar-refractivity contribution in [2.75, 3.05) is 84.6 Å². The van der Waals surface area contributed by atoms with Gasteiger partial charge in [0.1, 0.15) is 11.9 Å². The molecule has 2 aromatic carbocycles. The number of halogens is 4. The van der Waals surface area contributed by atoms with Crippen molar-refractivity contribution >= 4 is 23.5 Å². The van der Waals surface area contributed by atoms with Crippen LogP contribution in [0.25, 0.3) is 0 Å². The van der Waals surface area contributed by atoms with Gasteiger partial charge in [0.05, 0.1) is 44.2 Å². The second-order valence-electron chi connectivity index (χ2n) is 14.3. The van der Waals surface area contributed by atoms with E-state index in [1.54, 1.807) is 19.1 Å². The van der Waals surface area contributed by atoms with E-state index in [1.165, 1.54) is 11.0 Å². The van der Waals surface area contributed by atoms with Gasteiger partial charge in [-0.15, -0.1) is 0 Å². The van der Waals surface area contributed by atoms with Crippen molar-refractivity contribution in [3.8, 4) is 5.75 Å². The largest absolute Gasteiger partial charge is 0.497 e. The van der Waals surface area contributed by atoms with Gasteiger partial charge in [0.15, 0.2) is 0 Å². The number of piperidine rings is 1. The van der Waals surface area contributed by atoms with E-state index in [0.717, 1.165) is 17.7 Å². The minimum Gasteiger partial charge on any atom is -0.497 e. The number of carbonyl (C=O) groups excluding carboxylic acids is 2. The van der Waals surface area contributed by atoms with Gasteiger partial charge in [0, 0.05) is 76.4 Å². The number of hydrogen-bond donors (Lipinski definition) is 1. The molecule has 5 atom stereocenters. The Bertz CT molecular complexity index is 1570. The monoisotopic (exact) mass is 718 g/mol. The van der Waals surface area contributed by atoms with Crippen LogP contribution in [0, 0.1) is 17.8 Å². The molecule has 0 saturated carbocycles. The zero-order valence-corrected chi connectivity index (χ0v) is 29.0. The minimum absolute atomic E-state index is 0.0750. The molecule has 0 spiro atoms. The molecule has 0 aromatic heterocycles. The quantitative estimate of drug-likeness (QED) is 0.359. The van der Waals surface area contributed by atoms with Gasteiger partial charge >= 0.3 is 12.1 Å². The lowest BCUT2D eigenvalue weighted by Gasteiger charge is -2.35. The smallest absolute Gasteiger partial charge is 0.416 e. The van der Waals surface area contributed by atoms with Crippen molar-refractivity contribution in [3.63, 3.8) is 0 Å². The van der Waals surface area contributed by atoms with Crippen LogP contribution in [0.15, 0.2) is 42.5 Å². The highest BCUT2D eigenvalue weighted by atomic mass is 19.4. The summed E-state index contributed by atoms with van der Waals surface area (Å²) in [5.74, 6) is -2.31. The van der Waals surface area contributed by atoms with Gasteiger partial charge in [-0.25, -0.2) is 4.39 Å². The Morgan fingerprint density at radius 2 is 1.59 bits per heavy atom. The van der Waals surface area contributed by atoms with Gasteiger partial charge in [0.2, 0.25) is 11.8 Å². The third-order valence-electron chi connectivity index (χ3n) is 11.2. The molecule has 278 valence electrons. The average Bonchev–Trinajstić information content (AvgIpc) is 3.86. The molecule has 4 aliphatic heterocycles. The summed E-state index contributed by atoms with van der Waals surface area (Å²) >= 11 is 0. The second kappa shape index (κ2) is 15.4. The van der Waals surface area contributed by atoms with Gasteiger partial charge in [-0.3, -0.25) is 19.3 Å². The standard InChI is InChI=1S/C37H46F4N4O6/c1-50-22-25-16-45(20-31(25)29-8-5-26(37(39,40)41)15-33(29)43-12-9-24(10-13-43)36(48)49)35(47)32-19-42(21-34(46)44-14-11-27(38)17-44)18-30(32)23-3-6-28(51-2)7-4-23/h3-8,15,24-25,27,30-32H,9-14,16-22H2,1-2H3,(H,48,49)/t25-,27+,30+,31+,32-/m1/s1. The number of amides is 2. The molecule has 2 aromatic rings. The molecule has 4 aliphatic rings. The molecule has 51 heavy (non-hydrogen) atoms. The predicted molar refractivity (Wildman–Crippen MR) is 180 cm³/mol. The van der Waals surface area contributed by atoms with E-state index in [9.17, 15) is 37.1 Å². The fourth-order valence-corrected chi connectivity index (χ4v) is 8.38. The second-order valence-corrected chi connectivity index (χ2v) is 14.3. The number of carboxylic acids is 1. The highest BCUT2D eigenvalue weighted by Gasteiger charge is 2.46. The van der Waals surface area contributed by atoms with E-state index in [-0.39, 0.29) is 55.8 Å². The summed E-state index contributed by atoms with van der Waals surface area (Å²) in [6, 6.07) is 11.3. The Kier molecular flexibility index (Phi) is 11.1. The summed E-state index contributed by atoms with van der Waals surface area (Å²) in [4.78, 5) is 46.4. The van der Waals surface area contributed by atoms with Crippen molar-refractivity contribution in [2.45, 2.75) is 43.4 Å². The first-order chi connectivity index (χ1) is 24.4. The van der Waals surface area contributed by atoms with E-state index in [4.69, 9.17) is 9.47 Å². The number of aliphatic carboxylic acids is 1. The maximum atomic E-state index is 14.6. The van der Waals surface area contributed by atoms with Crippen LogP contribution in [0.2, 0.25) is 0 Å². The van der Waals surface area contributed by atoms with Crippen molar-refractivity contribution in [3.05, 3.63) is 59.2 Å². The molecule has 14 heteroatoms. The molecule has 4 heterocycles. The molecular formula is C37H46F4N4O6. The molecule has 4 fully saturated rings. The zero-order valence-electron chi connectivity index (χ0n) is 29.0. The third-order valence-corrected chi connectivity index (χ3v) is 11.2. The molecule has 10 nitrogen and oxygen atoms in total. The first-order valence-corrected chi connectivity index (χ1v) is 17.6. The van der Waals surface area contributed by atoms with Gasteiger partial charge in [-0.1, -0.05) is 18.2 Å². The van der Waals surface area contributed by atoms with E-state index in [0.29, 0.717) is 75.5 Å². The van der Waals surface area contributed by atoms with Crippen molar-refractivity contribution in [2.24, 2.45) is 17.8 Å². The Morgan fingerprint density at radius 3 is 2.20 bits per heavy atom. The third kappa shape index (κ3) is 8.11. The number of benzene rings is 2. The van der Waals surface area contributed by atoms with E-state index >= 15 is 0 Å². The summed E-state index contributed by atoms with van der Waals surface area (Å²) in [7, 11) is 3.13. The number of alkyl halides is 4. The maximum absolute atomic E-state index is 14.6. The van der Waals surface area contributed by atoms with Crippen LogP contribution in [0.4, 0.5) is 23.2 Å². The van der Waals surface area contributed by atoms with E-state index in [2.05, 4.69) is 0 Å². The number of ether oxygens (including phenoxy) is 2. The number of likely N-dealkylation sites (tertiary alicyclic amines) is 3. The lowest BCUT2D eigenvalue weighted by Crippen LogP contribution is -2.40. The predicted octanol–water partition coefficient (Wildman–Crippen LogP) is 4.49. The molecule has 0 radical (unpaired) electrons. The zero-order chi connectivity index (χ0) is 36.4. The Labute approximate surface area is 295 Å². The molecule has 0 unspecified atom stereocenters. The van der Waals surface area contributed by atoms with Gasteiger partial charge < -0.3 is 29.3 Å². The number of hydrogen-bond acceptors (Lipinski definition) is 7. The van der Waals surface area contributed by atoms with Crippen LogP contribution in [0.1, 0.15) is 47.8 Å². The van der Waals surface area contributed by atoms with Crippen LogP contribution in [-0.4, -0.2) is 123 Å². The molecule has 1 N–H and O–H groups in total. The summed E-state index contributed by atoms with van der Waals surface area (Å²) < 4.78 is 66.7. The molecule has 2 amide bonds. The molecule has 6 rings (SSSR count). The van der Waals surface area contributed by atoms with Crippen molar-refractivity contribution in [1.82, 2.24) is 14.7 Å². The fourth-order valence-electron chi connectivity index (χ4n) is 8.38. The lowest BCUT2D eigenvalue weighted by atomic mass is 9.86. The Balaban J connectivity index is 1.26. The minimum atomic E-state index is -4.56. The SMILES string of the molecule is COC[C@H]1CN(C(=O)[C@@H]2CN(CC(=O)N3CC[C@H](F)C3)C[C@H]2c2ccc(OC)cc2)C[C@@H]1c1ccc(C(F)(F)F)cc1N1CCC(C(=O)O)CC1. The van der Waals surface area contributed by atoms with E-state index < -0.39 is 35.7 Å².